The smallest absolute Gasteiger partial charge is 0.305 e. The quantitative estimate of drug-likeness (QED) is 0.246. The number of fused-ring (bicyclic) bond motifs is 10. The number of methoxy groups -OCH3 is 2. The van der Waals surface area contributed by atoms with Crippen LogP contribution in [0.1, 0.15) is 111 Å². The minimum absolute atomic E-state index is 0.221. The zero-order chi connectivity index (χ0) is 32.5. The van der Waals surface area contributed by atoms with Crippen LogP contribution in [0.3, 0.4) is 0 Å². The lowest BCUT2D eigenvalue weighted by Gasteiger charge is -2.13. The van der Waals surface area contributed by atoms with Crippen LogP contribution in [0.5, 0.6) is 0 Å². The summed E-state index contributed by atoms with van der Waals surface area (Å²) < 4.78 is 9.99. The van der Waals surface area contributed by atoms with Crippen molar-refractivity contribution in [3.63, 3.8) is 0 Å². The molecule has 0 aromatic carbocycles. The van der Waals surface area contributed by atoms with E-state index in [1.54, 1.807) is 0 Å². The lowest BCUT2D eigenvalue weighted by Crippen LogP contribution is -2.02. The molecule has 0 saturated heterocycles. The van der Waals surface area contributed by atoms with Gasteiger partial charge < -0.3 is 19.4 Å². The van der Waals surface area contributed by atoms with Gasteiger partial charge in [-0.05, 0) is 134 Å². The summed E-state index contributed by atoms with van der Waals surface area (Å²) in [7, 11) is 2.87. The summed E-state index contributed by atoms with van der Waals surface area (Å²) in [6.45, 7) is 8.62. The lowest BCUT2D eigenvalue weighted by atomic mass is 9.89. The Bertz CT molecular complexity index is 1960. The predicted octanol–water partition coefficient (Wildman–Crippen LogP) is 8.22. The molecule has 0 spiro atoms. The van der Waals surface area contributed by atoms with Crippen molar-refractivity contribution in [1.82, 2.24) is 19.9 Å². The molecular formula is C38H44N4O4. The number of nitrogens with zero attached hydrogens (tertiary/aromatic N) is 2. The number of carbonyl (C=O) groups is 2. The average Bonchev–Trinajstić information content (AvgIpc) is 3.76. The molecule has 0 saturated carbocycles. The van der Waals surface area contributed by atoms with Crippen molar-refractivity contribution in [2.24, 2.45) is 0 Å². The van der Waals surface area contributed by atoms with Crippen LogP contribution in [0.15, 0.2) is 24.3 Å². The SMILES string of the molecule is CCc1c(CC)c2cc3[nH]c(cc4nc(cc5nc(cc1[nH]2)C(C)=C5CCC(=O)OC)C1=C4CCCC1)c(CCC(=O)OC)c3C. The minimum Gasteiger partial charge on any atom is -0.469 e. The molecule has 0 fully saturated rings. The van der Waals surface area contributed by atoms with Crippen molar-refractivity contribution in [2.45, 2.75) is 91.9 Å². The van der Waals surface area contributed by atoms with E-state index in [-0.39, 0.29) is 11.9 Å². The minimum atomic E-state index is -0.231. The maximum atomic E-state index is 12.2. The number of rotatable bonds is 8. The molecule has 3 aromatic rings. The van der Waals surface area contributed by atoms with Crippen LogP contribution in [0, 0.1) is 6.92 Å². The highest BCUT2D eigenvalue weighted by Gasteiger charge is 2.25. The van der Waals surface area contributed by atoms with Crippen molar-refractivity contribution in [1.29, 1.82) is 0 Å². The summed E-state index contributed by atoms with van der Waals surface area (Å²) in [5, 5.41) is 0. The van der Waals surface area contributed by atoms with E-state index in [4.69, 9.17) is 19.4 Å². The van der Waals surface area contributed by atoms with Crippen LogP contribution >= 0.6 is 0 Å². The Morgan fingerprint density at radius 2 is 1.20 bits per heavy atom. The Labute approximate surface area is 270 Å². The molecular weight excluding hydrogens is 576 g/mol. The molecule has 0 radical (unpaired) electrons. The van der Waals surface area contributed by atoms with Crippen molar-refractivity contribution in [2.75, 3.05) is 14.2 Å². The van der Waals surface area contributed by atoms with E-state index >= 15 is 0 Å². The standard InChI is InChI=1S/C38H44N4O4/c1-7-23-24(8-2)32-18-30-22(4)26(14-16-38(44)46-6)34(40-30)20-36-28-12-10-9-11-27(28)35(42-36)19-33-25(13-15-37(43)45-5)21(3)29(39-33)17-31(23)41-32/h17-20,39,41H,7-16H2,1-6H3. The van der Waals surface area contributed by atoms with E-state index in [1.807, 2.05) is 0 Å². The van der Waals surface area contributed by atoms with Crippen molar-refractivity contribution in [3.8, 4) is 0 Å². The molecule has 5 heterocycles. The van der Waals surface area contributed by atoms with Crippen molar-refractivity contribution < 1.29 is 19.1 Å². The van der Waals surface area contributed by atoms with Gasteiger partial charge in [0.05, 0.1) is 37.0 Å². The third kappa shape index (κ3) is 5.81. The fourth-order valence-corrected chi connectivity index (χ4v) is 7.33. The number of aromatic nitrogens is 4. The Morgan fingerprint density at radius 3 is 1.83 bits per heavy atom. The molecule has 3 aromatic heterocycles. The molecule has 2 N–H and O–H groups in total. The molecule has 2 aliphatic heterocycles. The van der Waals surface area contributed by atoms with Gasteiger partial charge in [-0.2, -0.15) is 0 Å². The number of aromatic amines is 2. The zero-order valence-corrected chi connectivity index (χ0v) is 27.9. The fraction of sp³-hybridized carbons (Fsp3) is 0.421. The fourth-order valence-electron chi connectivity index (χ4n) is 7.33. The van der Waals surface area contributed by atoms with Crippen molar-refractivity contribution >= 4 is 56.3 Å². The first kappa shape index (κ1) is 31.5. The number of carbonyl (C=O) groups excluding carboxylic acids is 2. The summed E-state index contributed by atoms with van der Waals surface area (Å²) in [5.41, 5.74) is 17.3. The monoisotopic (exact) mass is 620 g/mol. The summed E-state index contributed by atoms with van der Waals surface area (Å²) in [6, 6.07) is 8.67. The second-order valence-corrected chi connectivity index (χ2v) is 12.4. The number of hydrogen-bond donors (Lipinski definition) is 2. The third-order valence-electron chi connectivity index (χ3n) is 9.89. The largest absolute Gasteiger partial charge is 0.469 e. The van der Waals surface area contributed by atoms with Gasteiger partial charge in [-0.15, -0.1) is 0 Å². The van der Waals surface area contributed by atoms with E-state index in [9.17, 15) is 9.59 Å². The number of nitrogens with one attached hydrogen (secondary N) is 2. The third-order valence-corrected chi connectivity index (χ3v) is 9.89. The molecule has 6 rings (SSSR count). The van der Waals surface area contributed by atoms with E-state index in [0.717, 1.165) is 106 Å². The van der Waals surface area contributed by atoms with Crippen molar-refractivity contribution in [3.05, 3.63) is 69.3 Å². The van der Waals surface area contributed by atoms with Crippen LogP contribution in [0.25, 0.3) is 44.4 Å². The number of hydrogen-bond acceptors (Lipinski definition) is 6. The normalized spacial score (nSPS) is 14.5. The lowest BCUT2D eigenvalue weighted by molar-refractivity contribution is -0.141. The molecule has 3 aliphatic rings. The molecule has 46 heavy (non-hydrogen) atoms. The van der Waals surface area contributed by atoms with Gasteiger partial charge >= 0.3 is 11.9 Å². The Morgan fingerprint density at radius 1 is 0.674 bits per heavy atom. The number of allylic oxidation sites excluding steroid dienone is 4. The summed E-state index contributed by atoms with van der Waals surface area (Å²) >= 11 is 0. The van der Waals surface area contributed by atoms with Gasteiger partial charge in [0.1, 0.15) is 0 Å². The summed E-state index contributed by atoms with van der Waals surface area (Å²) in [5.74, 6) is -0.453. The zero-order valence-electron chi connectivity index (χ0n) is 27.9. The number of aryl methyl sites for hydroxylation is 4. The Hall–Kier alpha value is -4.46. The van der Waals surface area contributed by atoms with Gasteiger partial charge in [-0.3, -0.25) is 9.59 Å². The van der Waals surface area contributed by atoms with E-state index in [0.29, 0.717) is 25.7 Å². The average molecular weight is 621 g/mol. The van der Waals surface area contributed by atoms with Gasteiger partial charge in [-0.25, -0.2) is 9.97 Å². The Kier molecular flexibility index (Phi) is 8.98. The van der Waals surface area contributed by atoms with Crippen LogP contribution in [-0.4, -0.2) is 46.1 Å². The van der Waals surface area contributed by atoms with Crippen LogP contribution in [0.2, 0.25) is 0 Å². The molecule has 8 bridgehead atoms. The summed E-state index contributed by atoms with van der Waals surface area (Å²) in [4.78, 5) is 42.3. The van der Waals surface area contributed by atoms with Crippen LogP contribution in [0.4, 0.5) is 0 Å². The first-order valence-corrected chi connectivity index (χ1v) is 16.6. The highest BCUT2D eigenvalue weighted by atomic mass is 16.5. The topological polar surface area (TPSA) is 110 Å². The maximum Gasteiger partial charge on any atom is 0.305 e. The Balaban J connectivity index is 1.70. The molecule has 240 valence electrons. The molecule has 1 aliphatic carbocycles. The number of ether oxygens (including phenoxy) is 2. The van der Waals surface area contributed by atoms with E-state index < -0.39 is 0 Å². The number of H-pyrrole nitrogens is 2. The van der Waals surface area contributed by atoms with Crippen LogP contribution in [-0.2, 0) is 38.3 Å². The molecule has 0 amide bonds. The second-order valence-electron chi connectivity index (χ2n) is 12.4. The maximum absolute atomic E-state index is 12.2. The van der Waals surface area contributed by atoms with Gasteiger partial charge in [0.25, 0.3) is 0 Å². The van der Waals surface area contributed by atoms with E-state index in [2.05, 4.69) is 61.9 Å². The van der Waals surface area contributed by atoms with Crippen LogP contribution < -0.4 is 0 Å². The predicted molar refractivity (Wildman–Crippen MR) is 184 cm³/mol. The van der Waals surface area contributed by atoms with Gasteiger partial charge in [0.2, 0.25) is 0 Å². The molecule has 0 atom stereocenters. The first-order valence-electron chi connectivity index (χ1n) is 16.6. The summed E-state index contributed by atoms with van der Waals surface area (Å²) in [6.07, 6.45) is 7.69. The van der Waals surface area contributed by atoms with Gasteiger partial charge in [0.15, 0.2) is 0 Å². The second kappa shape index (κ2) is 13.1. The highest BCUT2D eigenvalue weighted by molar-refractivity contribution is 5.97. The molecule has 8 nitrogen and oxygen atoms in total. The van der Waals surface area contributed by atoms with Gasteiger partial charge in [-0.1, -0.05) is 13.8 Å². The van der Waals surface area contributed by atoms with E-state index in [1.165, 1.54) is 36.5 Å². The van der Waals surface area contributed by atoms with Gasteiger partial charge in [0, 0.05) is 34.9 Å². The first-order chi connectivity index (χ1) is 22.3. The molecule has 0 unspecified atom stereocenters. The number of esters is 2. The molecule has 8 heteroatoms. The highest BCUT2D eigenvalue weighted by Crippen LogP contribution is 2.42.